The molecular formula is C20H27FN2O4. The third-order valence-corrected chi connectivity index (χ3v) is 5.22. The average Bonchev–Trinajstić information content (AvgIpc) is 2.63. The lowest BCUT2D eigenvalue weighted by Gasteiger charge is -2.35. The molecule has 0 unspecified atom stereocenters. The zero-order chi connectivity index (χ0) is 20.0. The van der Waals surface area contributed by atoms with Gasteiger partial charge in [0.25, 0.3) is 11.8 Å². The van der Waals surface area contributed by atoms with E-state index in [2.05, 4.69) is 24.5 Å². The first kappa shape index (κ1) is 20.9. The van der Waals surface area contributed by atoms with Crippen LogP contribution >= 0.6 is 0 Å². The van der Waals surface area contributed by atoms with Gasteiger partial charge in [0, 0.05) is 6.04 Å². The topological polar surface area (TPSA) is 84.5 Å². The number of carbonyl (C=O) groups excluding carboxylic acids is 3. The van der Waals surface area contributed by atoms with Gasteiger partial charge in [0.1, 0.15) is 12.4 Å². The second-order valence-corrected chi connectivity index (χ2v) is 7.18. The van der Waals surface area contributed by atoms with Gasteiger partial charge >= 0.3 is 5.97 Å². The van der Waals surface area contributed by atoms with E-state index in [9.17, 15) is 18.8 Å². The van der Waals surface area contributed by atoms with Crippen molar-refractivity contribution in [3.05, 3.63) is 35.6 Å². The van der Waals surface area contributed by atoms with Gasteiger partial charge < -0.3 is 15.4 Å². The molecule has 7 heteroatoms. The lowest BCUT2D eigenvalue weighted by atomic mass is 9.78. The van der Waals surface area contributed by atoms with Crippen LogP contribution in [0.1, 0.15) is 50.4 Å². The molecule has 6 nitrogen and oxygen atoms in total. The van der Waals surface area contributed by atoms with E-state index >= 15 is 0 Å². The average molecular weight is 378 g/mol. The summed E-state index contributed by atoms with van der Waals surface area (Å²) in [5, 5.41) is 5.24. The Morgan fingerprint density at radius 3 is 2.63 bits per heavy atom. The Labute approximate surface area is 158 Å². The lowest BCUT2D eigenvalue weighted by Crippen LogP contribution is -2.48. The number of hydrogen-bond acceptors (Lipinski definition) is 4. The van der Waals surface area contributed by atoms with Gasteiger partial charge in [-0.3, -0.25) is 14.4 Å². The number of amides is 2. The number of rotatable bonds is 6. The minimum absolute atomic E-state index is 0.0724. The van der Waals surface area contributed by atoms with Crippen molar-refractivity contribution in [3.63, 3.8) is 0 Å². The largest absolute Gasteiger partial charge is 0.451 e. The molecule has 0 aromatic heterocycles. The van der Waals surface area contributed by atoms with Crippen LogP contribution in [0.5, 0.6) is 0 Å². The molecule has 27 heavy (non-hydrogen) atoms. The fourth-order valence-corrected chi connectivity index (χ4v) is 3.27. The van der Waals surface area contributed by atoms with Crippen LogP contribution in [0, 0.1) is 17.7 Å². The lowest BCUT2D eigenvalue weighted by molar-refractivity contribution is -0.154. The van der Waals surface area contributed by atoms with Gasteiger partial charge in [0.15, 0.2) is 6.10 Å². The first-order valence-corrected chi connectivity index (χ1v) is 9.32. The van der Waals surface area contributed by atoms with Crippen molar-refractivity contribution in [3.8, 4) is 0 Å². The van der Waals surface area contributed by atoms with E-state index in [4.69, 9.17) is 4.74 Å². The van der Waals surface area contributed by atoms with Gasteiger partial charge in [-0.05, 0) is 37.3 Å². The van der Waals surface area contributed by atoms with Crippen LogP contribution in [0.25, 0.3) is 0 Å². The van der Waals surface area contributed by atoms with E-state index in [1.165, 1.54) is 25.1 Å². The summed E-state index contributed by atoms with van der Waals surface area (Å²) in [6, 6.07) is 5.54. The summed E-state index contributed by atoms with van der Waals surface area (Å²) in [6.45, 7) is 5.33. The smallest absolute Gasteiger partial charge is 0.326 e. The maximum atomic E-state index is 13.5. The zero-order valence-electron chi connectivity index (χ0n) is 16.0. The number of nitrogens with one attached hydrogen (secondary N) is 2. The van der Waals surface area contributed by atoms with Crippen molar-refractivity contribution < 1.29 is 23.5 Å². The highest BCUT2D eigenvalue weighted by molar-refractivity contribution is 5.96. The van der Waals surface area contributed by atoms with E-state index in [-0.39, 0.29) is 17.5 Å². The molecule has 0 heterocycles. The first-order chi connectivity index (χ1) is 12.8. The maximum absolute atomic E-state index is 13.5. The summed E-state index contributed by atoms with van der Waals surface area (Å²) >= 11 is 0. The normalized spacial score (nSPS) is 23.2. The van der Waals surface area contributed by atoms with E-state index in [1.807, 2.05) is 0 Å². The minimum Gasteiger partial charge on any atom is -0.451 e. The molecule has 0 spiro atoms. The van der Waals surface area contributed by atoms with Gasteiger partial charge in [0.05, 0.1) is 5.56 Å². The quantitative estimate of drug-likeness (QED) is 0.745. The Balaban J connectivity index is 1.78. The monoisotopic (exact) mass is 378 g/mol. The highest BCUT2D eigenvalue weighted by atomic mass is 19.1. The standard InChI is InChI=1S/C20H27FN2O4/c1-12-7-6-10-17(13(12)2)23-19(25)14(3)27-18(24)11-22-20(26)15-8-4-5-9-16(15)21/h4-5,8-9,12-14,17H,6-7,10-11H2,1-3H3,(H,22,26)(H,23,25)/t12-,13+,14+,17+/m0/s1. The first-order valence-electron chi connectivity index (χ1n) is 9.32. The number of carbonyl (C=O) groups is 3. The third-order valence-electron chi connectivity index (χ3n) is 5.22. The molecular weight excluding hydrogens is 351 g/mol. The molecule has 0 saturated heterocycles. The number of ether oxygens (including phenoxy) is 1. The Kier molecular flexibility index (Phi) is 7.33. The number of benzene rings is 1. The summed E-state index contributed by atoms with van der Waals surface area (Å²) in [5.74, 6) is -1.59. The maximum Gasteiger partial charge on any atom is 0.326 e. The Morgan fingerprint density at radius 1 is 1.22 bits per heavy atom. The second-order valence-electron chi connectivity index (χ2n) is 7.18. The Bertz CT molecular complexity index is 694. The molecule has 1 aliphatic carbocycles. The Hall–Kier alpha value is -2.44. The Morgan fingerprint density at radius 2 is 1.93 bits per heavy atom. The van der Waals surface area contributed by atoms with Crippen molar-refractivity contribution in [2.24, 2.45) is 11.8 Å². The molecule has 1 aromatic rings. The van der Waals surface area contributed by atoms with Crippen LogP contribution < -0.4 is 10.6 Å². The SMILES string of the molecule is C[C@@H]1[C@@H](C)CCC[C@H]1NC(=O)[C@@H](C)OC(=O)CNC(=O)c1ccccc1F. The van der Waals surface area contributed by atoms with E-state index in [0.717, 1.165) is 25.3 Å². The number of halogens is 1. The highest BCUT2D eigenvalue weighted by Gasteiger charge is 2.30. The molecule has 0 radical (unpaired) electrons. The van der Waals surface area contributed by atoms with E-state index in [0.29, 0.717) is 11.8 Å². The van der Waals surface area contributed by atoms with Crippen molar-refractivity contribution in [1.82, 2.24) is 10.6 Å². The highest BCUT2D eigenvalue weighted by Crippen LogP contribution is 2.29. The molecule has 1 aliphatic rings. The van der Waals surface area contributed by atoms with Gasteiger partial charge in [-0.2, -0.15) is 0 Å². The number of esters is 1. The summed E-state index contributed by atoms with van der Waals surface area (Å²) in [6.07, 6.45) is 2.16. The molecule has 2 amide bonds. The van der Waals surface area contributed by atoms with Crippen molar-refractivity contribution in [2.75, 3.05) is 6.54 Å². The van der Waals surface area contributed by atoms with Crippen molar-refractivity contribution >= 4 is 17.8 Å². The molecule has 148 valence electrons. The summed E-state index contributed by atoms with van der Waals surface area (Å²) < 4.78 is 18.6. The molecule has 0 bridgehead atoms. The van der Waals surface area contributed by atoms with Crippen molar-refractivity contribution in [1.29, 1.82) is 0 Å². The van der Waals surface area contributed by atoms with E-state index in [1.54, 1.807) is 0 Å². The molecule has 4 atom stereocenters. The summed E-state index contributed by atoms with van der Waals surface area (Å²) in [7, 11) is 0. The molecule has 1 fully saturated rings. The number of hydrogen-bond donors (Lipinski definition) is 2. The van der Waals surface area contributed by atoms with Crippen molar-refractivity contribution in [2.45, 2.75) is 52.2 Å². The summed E-state index contributed by atoms with van der Waals surface area (Å²) in [5.41, 5.74) is -0.156. The van der Waals surface area contributed by atoms with Crippen LogP contribution in [0.15, 0.2) is 24.3 Å². The van der Waals surface area contributed by atoms with Gasteiger partial charge in [-0.1, -0.05) is 38.8 Å². The fraction of sp³-hybridized carbons (Fsp3) is 0.550. The van der Waals surface area contributed by atoms with Crippen LogP contribution in [0.2, 0.25) is 0 Å². The predicted molar refractivity (Wildman–Crippen MR) is 98.4 cm³/mol. The van der Waals surface area contributed by atoms with E-state index < -0.39 is 30.3 Å². The summed E-state index contributed by atoms with van der Waals surface area (Å²) in [4.78, 5) is 36.0. The predicted octanol–water partition coefficient (Wildman–Crippen LogP) is 2.43. The third kappa shape index (κ3) is 5.77. The van der Waals surface area contributed by atoms with Gasteiger partial charge in [0.2, 0.25) is 0 Å². The molecule has 0 aliphatic heterocycles. The fourth-order valence-electron chi connectivity index (χ4n) is 3.27. The molecule has 2 N–H and O–H groups in total. The molecule has 2 rings (SSSR count). The van der Waals surface area contributed by atoms with Gasteiger partial charge in [-0.25, -0.2) is 4.39 Å². The molecule has 1 saturated carbocycles. The zero-order valence-corrected chi connectivity index (χ0v) is 16.0. The van der Waals surface area contributed by atoms with Crippen LogP contribution in [-0.4, -0.2) is 36.5 Å². The second kappa shape index (κ2) is 9.48. The van der Waals surface area contributed by atoms with Crippen LogP contribution in [-0.2, 0) is 14.3 Å². The van der Waals surface area contributed by atoms with Crippen LogP contribution in [0.4, 0.5) is 4.39 Å². The van der Waals surface area contributed by atoms with Gasteiger partial charge in [-0.15, -0.1) is 0 Å². The molecule has 1 aromatic carbocycles. The minimum atomic E-state index is -0.965. The van der Waals surface area contributed by atoms with Crippen LogP contribution in [0.3, 0.4) is 0 Å².